The summed E-state index contributed by atoms with van der Waals surface area (Å²) in [6.07, 6.45) is 0.502. The van der Waals surface area contributed by atoms with Crippen LogP contribution in [0, 0.1) is 5.41 Å². The van der Waals surface area contributed by atoms with Gasteiger partial charge in [0.05, 0.1) is 18.6 Å². The van der Waals surface area contributed by atoms with Crippen molar-refractivity contribution in [1.29, 1.82) is 0 Å². The summed E-state index contributed by atoms with van der Waals surface area (Å²) < 4.78 is 5.34. The van der Waals surface area contributed by atoms with Crippen LogP contribution in [0.4, 0.5) is 0 Å². The van der Waals surface area contributed by atoms with Crippen molar-refractivity contribution in [3.05, 3.63) is 34.9 Å². The molecular weight excluding hydrogens is 258 g/mol. The van der Waals surface area contributed by atoms with Crippen LogP contribution in [0.1, 0.15) is 34.8 Å². The number of fused-ring (bicyclic) bond motifs is 1. The lowest BCUT2D eigenvalue weighted by atomic mass is 9.90. The first-order valence-corrected chi connectivity index (χ1v) is 6.72. The molecule has 1 unspecified atom stereocenters. The first-order valence-electron chi connectivity index (χ1n) is 6.72. The molecule has 1 fully saturated rings. The van der Waals surface area contributed by atoms with E-state index in [9.17, 15) is 14.7 Å². The number of ether oxygens (including phenoxy) is 1. The van der Waals surface area contributed by atoms with Crippen molar-refractivity contribution in [3.63, 3.8) is 0 Å². The van der Waals surface area contributed by atoms with Crippen LogP contribution in [0.5, 0.6) is 0 Å². The Balaban J connectivity index is 1.79. The van der Waals surface area contributed by atoms with Crippen LogP contribution in [0.15, 0.2) is 18.2 Å². The number of hydrogen-bond acceptors (Lipinski definition) is 3. The number of carbonyl (C=O) groups excluding carboxylic acids is 1. The molecule has 1 N–H and O–H groups in total. The maximum atomic E-state index is 12.4. The summed E-state index contributed by atoms with van der Waals surface area (Å²) in [5.41, 5.74) is 1.97. The average molecular weight is 275 g/mol. The molecular formula is C15H17NO4. The summed E-state index contributed by atoms with van der Waals surface area (Å²) in [6, 6.07) is 5.58. The van der Waals surface area contributed by atoms with Gasteiger partial charge in [0.15, 0.2) is 0 Å². The lowest BCUT2D eigenvalue weighted by Gasteiger charge is -2.20. The molecule has 0 radical (unpaired) electrons. The van der Waals surface area contributed by atoms with E-state index in [1.807, 2.05) is 12.1 Å². The Bertz CT molecular complexity index is 583. The highest BCUT2D eigenvalue weighted by Crippen LogP contribution is 2.31. The summed E-state index contributed by atoms with van der Waals surface area (Å²) in [5, 5.41) is 9.21. The number of hydrogen-bond donors (Lipinski definition) is 1. The molecule has 1 saturated heterocycles. The summed E-state index contributed by atoms with van der Waals surface area (Å²) >= 11 is 0. The molecule has 106 valence electrons. The molecule has 1 amide bonds. The zero-order chi connectivity index (χ0) is 14.3. The van der Waals surface area contributed by atoms with E-state index < -0.39 is 11.4 Å². The molecule has 20 heavy (non-hydrogen) atoms. The van der Waals surface area contributed by atoms with Crippen molar-refractivity contribution in [2.45, 2.75) is 26.6 Å². The average Bonchev–Trinajstić information content (AvgIpc) is 3.04. The molecule has 3 rings (SSSR count). The zero-order valence-corrected chi connectivity index (χ0v) is 11.4. The fourth-order valence-corrected chi connectivity index (χ4v) is 2.80. The van der Waals surface area contributed by atoms with Crippen LogP contribution in [0.25, 0.3) is 0 Å². The standard InChI is InChI=1S/C15H17NO4/c1-15(14(18)19)4-5-16(9-15)13(17)10-2-3-11-7-20-8-12(11)6-10/h2-3,6H,4-5,7-9H2,1H3,(H,18,19). The highest BCUT2D eigenvalue weighted by Gasteiger charge is 2.42. The van der Waals surface area contributed by atoms with E-state index in [1.54, 1.807) is 17.9 Å². The molecule has 5 nitrogen and oxygen atoms in total. The molecule has 1 aromatic carbocycles. The lowest BCUT2D eigenvalue weighted by Crippen LogP contribution is -2.34. The monoisotopic (exact) mass is 275 g/mol. The minimum absolute atomic E-state index is 0.0929. The summed E-state index contributed by atoms with van der Waals surface area (Å²) in [7, 11) is 0. The third-order valence-corrected chi connectivity index (χ3v) is 4.25. The molecule has 5 heteroatoms. The maximum Gasteiger partial charge on any atom is 0.311 e. The Hall–Kier alpha value is -1.88. The van der Waals surface area contributed by atoms with Crippen molar-refractivity contribution in [3.8, 4) is 0 Å². The van der Waals surface area contributed by atoms with Gasteiger partial charge in [-0.15, -0.1) is 0 Å². The van der Waals surface area contributed by atoms with Gasteiger partial charge >= 0.3 is 5.97 Å². The number of rotatable bonds is 2. The largest absolute Gasteiger partial charge is 0.481 e. The number of carboxylic acids is 1. The smallest absolute Gasteiger partial charge is 0.311 e. The second-order valence-corrected chi connectivity index (χ2v) is 5.82. The summed E-state index contributed by atoms with van der Waals surface area (Å²) in [4.78, 5) is 25.3. The molecule has 2 aliphatic rings. The van der Waals surface area contributed by atoms with E-state index in [4.69, 9.17) is 4.74 Å². The molecule has 0 aromatic heterocycles. The van der Waals surface area contributed by atoms with Gasteiger partial charge in [0.2, 0.25) is 0 Å². The Labute approximate surface area is 117 Å². The van der Waals surface area contributed by atoms with Crippen LogP contribution < -0.4 is 0 Å². The molecule has 1 atom stereocenters. The second kappa shape index (κ2) is 4.59. The number of benzene rings is 1. The molecule has 0 spiro atoms. The van der Waals surface area contributed by atoms with Crippen molar-refractivity contribution < 1.29 is 19.4 Å². The van der Waals surface area contributed by atoms with E-state index >= 15 is 0 Å². The normalized spacial score (nSPS) is 24.8. The fourth-order valence-electron chi connectivity index (χ4n) is 2.80. The summed E-state index contributed by atoms with van der Waals surface area (Å²) in [5.74, 6) is -0.931. The quantitative estimate of drug-likeness (QED) is 0.891. The third-order valence-electron chi connectivity index (χ3n) is 4.25. The first-order chi connectivity index (χ1) is 9.49. The van der Waals surface area contributed by atoms with Gasteiger partial charge < -0.3 is 14.7 Å². The van der Waals surface area contributed by atoms with Crippen molar-refractivity contribution in [2.75, 3.05) is 13.1 Å². The van der Waals surface area contributed by atoms with E-state index in [1.165, 1.54) is 0 Å². The minimum atomic E-state index is -0.838. The summed E-state index contributed by atoms with van der Waals surface area (Å²) in [6.45, 7) is 3.61. The maximum absolute atomic E-state index is 12.4. The minimum Gasteiger partial charge on any atom is -0.481 e. The molecule has 1 aromatic rings. The third kappa shape index (κ3) is 2.08. The number of nitrogens with zero attached hydrogens (tertiary/aromatic N) is 1. The van der Waals surface area contributed by atoms with E-state index in [2.05, 4.69) is 0 Å². The molecule has 0 bridgehead atoms. The second-order valence-electron chi connectivity index (χ2n) is 5.82. The van der Waals surface area contributed by atoms with Crippen LogP contribution in [-0.2, 0) is 22.7 Å². The van der Waals surface area contributed by atoms with Crippen molar-refractivity contribution >= 4 is 11.9 Å². The van der Waals surface area contributed by atoms with Gasteiger partial charge in [0, 0.05) is 18.7 Å². The SMILES string of the molecule is CC1(C(=O)O)CCN(C(=O)c2ccc3c(c2)COC3)C1. The van der Waals surface area contributed by atoms with Gasteiger partial charge in [0.25, 0.3) is 5.91 Å². The highest BCUT2D eigenvalue weighted by atomic mass is 16.5. The predicted octanol–water partition coefficient (Wildman–Crippen LogP) is 1.65. The number of aliphatic carboxylic acids is 1. The Morgan fingerprint density at radius 2 is 2.05 bits per heavy atom. The van der Waals surface area contributed by atoms with Gasteiger partial charge in [-0.25, -0.2) is 0 Å². The van der Waals surface area contributed by atoms with Gasteiger partial charge in [-0.3, -0.25) is 9.59 Å². The fraction of sp³-hybridized carbons (Fsp3) is 0.467. The molecule has 0 aliphatic carbocycles. The topological polar surface area (TPSA) is 66.8 Å². The van der Waals surface area contributed by atoms with Gasteiger partial charge in [-0.2, -0.15) is 0 Å². The van der Waals surface area contributed by atoms with E-state index in [0.29, 0.717) is 31.7 Å². The zero-order valence-electron chi connectivity index (χ0n) is 11.4. The predicted molar refractivity (Wildman–Crippen MR) is 71.2 cm³/mol. The molecule has 2 aliphatic heterocycles. The van der Waals surface area contributed by atoms with E-state index in [0.717, 1.165) is 11.1 Å². The van der Waals surface area contributed by atoms with Crippen molar-refractivity contribution in [2.24, 2.45) is 5.41 Å². The van der Waals surface area contributed by atoms with Gasteiger partial charge in [-0.1, -0.05) is 6.07 Å². The Morgan fingerprint density at radius 3 is 2.75 bits per heavy atom. The number of likely N-dealkylation sites (tertiary alicyclic amines) is 1. The van der Waals surface area contributed by atoms with Crippen molar-refractivity contribution in [1.82, 2.24) is 4.90 Å². The van der Waals surface area contributed by atoms with E-state index in [-0.39, 0.29) is 12.5 Å². The molecule has 0 saturated carbocycles. The number of carboxylic acid groups (broad SMARTS) is 1. The number of amides is 1. The van der Waals surface area contributed by atoms with Crippen LogP contribution in [0.2, 0.25) is 0 Å². The Morgan fingerprint density at radius 1 is 1.30 bits per heavy atom. The van der Waals surface area contributed by atoms with Gasteiger partial charge in [0.1, 0.15) is 0 Å². The van der Waals surface area contributed by atoms with Crippen LogP contribution >= 0.6 is 0 Å². The van der Waals surface area contributed by atoms with Gasteiger partial charge in [-0.05, 0) is 36.6 Å². The van der Waals surface area contributed by atoms with Crippen LogP contribution in [0.3, 0.4) is 0 Å². The highest BCUT2D eigenvalue weighted by molar-refractivity contribution is 5.95. The van der Waals surface area contributed by atoms with Crippen LogP contribution in [-0.4, -0.2) is 35.0 Å². The lowest BCUT2D eigenvalue weighted by molar-refractivity contribution is -0.147. The Kier molecular flexibility index (Phi) is 3.01. The number of carbonyl (C=O) groups is 2. The molecule has 2 heterocycles. The first kappa shape index (κ1) is 13.1.